The molecule has 0 radical (unpaired) electrons. The highest BCUT2D eigenvalue weighted by molar-refractivity contribution is 5.93. The molecule has 4 heterocycles. The van der Waals surface area contributed by atoms with E-state index in [4.69, 9.17) is 4.42 Å². The zero-order valence-corrected chi connectivity index (χ0v) is 15.2. The van der Waals surface area contributed by atoms with Gasteiger partial charge in [0.1, 0.15) is 5.76 Å². The minimum Gasteiger partial charge on any atom is -0.448 e. The maximum absolute atomic E-state index is 13.0. The van der Waals surface area contributed by atoms with Crippen LogP contribution >= 0.6 is 0 Å². The highest BCUT2D eigenvalue weighted by Crippen LogP contribution is 2.33. The van der Waals surface area contributed by atoms with Crippen molar-refractivity contribution in [2.45, 2.75) is 44.7 Å². The van der Waals surface area contributed by atoms with Crippen LogP contribution in [0.5, 0.6) is 0 Å². The molecule has 3 aliphatic heterocycles. The van der Waals surface area contributed by atoms with Gasteiger partial charge in [0.05, 0.1) is 0 Å². The number of piperidine rings is 1. The van der Waals surface area contributed by atoms with E-state index in [1.807, 2.05) is 6.92 Å². The zero-order valence-electron chi connectivity index (χ0n) is 15.2. The van der Waals surface area contributed by atoms with Crippen molar-refractivity contribution in [1.82, 2.24) is 14.8 Å². The highest BCUT2D eigenvalue weighted by atomic mass is 16.3. The van der Waals surface area contributed by atoms with Crippen LogP contribution in [0.1, 0.15) is 40.2 Å². The molecule has 0 spiro atoms. The van der Waals surface area contributed by atoms with Crippen LogP contribution in [0.25, 0.3) is 0 Å². The summed E-state index contributed by atoms with van der Waals surface area (Å²) in [5, 5.41) is 0. The third-order valence-corrected chi connectivity index (χ3v) is 6.50. The summed E-state index contributed by atoms with van der Waals surface area (Å²) in [7, 11) is 0. The Morgan fingerprint density at radius 3 is 2.54 bits per heavy atom. The van der Waals surface area contributed by atoms with E-state index < -0.39 is 0 Å². The van der Waals surface area contributed by atoms with Gasteiger partial charge in [-0.15, -0.1) is 0 Å². The lowest BCUT2D eigenvalue weighted by Gasteiger charge is -2.36. The first-order chi connectivity index (χ1) is 12.7. The van der Waals surface area contributed by atoms with E-state index in [1.54, 1.807) is 0 Å². The molecule has 0 saturated carbocycles. The summed E-state index contributed by atoms with van der Waals surface area (Å²) in [5.41, 5.74) is 3.48. The standard InChI is InChI=1S/C21H25N3O2/c1-14-20(22-13-26-14)21(25)24-11-15-6-7-18(24)12-23(10-15)19-8-16-4-2-3-5-17(16)9-19/h2-5,13,15,18-19H,6-12H2,1H3/t15-,18+/m0/s1. The van der Waals surface area contributed by atoms with E-state index in [0.717, 1.165) is 38.9 Å². The molecule has 3 fully saturated rings. The smallest absolute Gasteiger partial charge is 0.276 e. The van der Waals surface area contributed by atoms with Crippen molar-refractivity contribution in [3.05, 3.63) is 53.2 Å². The molecule has 2 bridgehead atoms. The second-order valence-corrected chi connectivity index (χ2v) is 8.10. The van der Waals surface area contributed by atoms with Gasteiger partial charge >= 0.3 is 0 Å². The van der Waals surface area contributed by atoms with Crippen molar-refractivity contribution in [3.63, 3.8) is 0 Å². The number of oxazole rings is 1. The summed E-state index contributed by atoms with van der Waals surface area (Å²) in [5.74, 6) is 1.23. The van der Waals surface area contributed by atoms with E-state index in [-0.39, 0.29) is 5.91 Å². The fourth-order valence-corrected chi connectivity index (χ4v) is 5.11. The minimum absolute atomic E-state index is 0.0440. The number of nitrogens with zero attached hydrogens (tertiary/aromatic N) is 3. The number of carbonyl (C=O) groups is 1. The number of fused-ring (bicyclic) bond motifs is 5. The van der Waals surface area contributed by atoms with Crippen molar-refractivity contribution in [2.24, 2.45) is 5.92 Å². The molecule has 26 heavy (non-hydrogen) atoms. The van der Waals surface area contributed by atoms with Crippen LogP contribution in [-0.2, 0) is 12.8 Å². The van der Waals surface area contributed by atoms with Gasteiger partial charge in [-0.3, -0.25) is 9.69 Å². The third kappa shape index (κ3) is 2.65. The molecule has 5 nitrogen and oxygen atoms in total. The van der Waals surface area contributed by atoms with Crippen LogP contribution in [0.3, 0.4) is 0 Å². The molecule has 1 aromatic carbocycles. The lowest BCUT2D eigenvalue weighted by molar-refractivity contribution is 0.0574. The van der Waals surface area contributed by atoms with Crippen LogP contribution in [0.2, 0.25) is 0 Å². The van der Waals surface area contributed by atoms with Gasteiger partial charge in [0.25, 0.3) is 5.91 Å². The lowest BCUT2D eigenvalue weighted by Crippen LogP contribution is -2.48. The lowest BCUT2D eigenvalue weighted by atomic mass is 9.94. The Morgan fingerprint density at radius 1 is 1.08 bits per heavy atom. The summed E-state index contributed by atoms with van der Waals surface area (Å²) in [6, 6.07) is 9.71. The van der Waals surface area contributed by atoms with Crippen molar-refractivity contribution in [1.29, 1.82) is 0 Å². The Kier molecular flexibility index (Phi) is 3.85. The number of hydrogen-bond donors (Lipinski definition) is 0. The van der Waals surface area contributed by atoms with E-state index >= 15 is 0 Å². The summed E-state index contributed by atoms with van der Waals surface area (Å²) >= 11 is 0. The van der Waals surface area contributed by atoms with E-state index in [1.165, 1.54) is 23.9 Å². The van der Waals surface area contributed by atoms with Gasteiger partial charge in [-0.05, 0) is 49.7 Å². The molecular weight excluding hydrogens is 326 g/mol. The fourth-order valence-electron chi connectivity index (χ4n) is 5.11. The molecule has 1 aliphatic carbocycles. The Hall–Kier alpha value is -2.14. The number of benzene rings is 1. The zero-order chi connectivity index (χ0) is 17.7. The topological polar surface area (TPSA) is 49.6 Å². The SMILES string of the molecule is Cc1ocnc1C(=O)N1C[C@H]2CC[C@@H]1CN(C1Cc3ccccc3C1)C2. The van der Waals surface area contributed by atoms with Gasteiger partial charge in [-0.1, -0.05) is 24.3 Å². The summed E-state index contributed by atoms with van der Waals surface area (Å²) in [6.07, 6.45) is 5.99. The number of aryl methyl sites for hydroxylation is 1. The predicted molar refractivity (Wildman–Crippen MR) is 98.0 cm³/mol. The molecular formula is C21H25N3O2. The maximum Gasteiger partial charge on any atom is 0.276 e. The number of amides is 1. The van der Waals surface area contributed by atoms with Gasteiger partial charge in [-0.25, -0.2) is 4.98 Å². The van der Waals surface area contributed by atoms with Gasteiger partial charge in [0.15, 0.2) is 12.1 Å². The van der Waals surface area contributed by atoms with Crippen LogP contribution in [0.15, 0.2) is 35.1 Å². The molecule has 2 aromatic rings. The van der Waals surface area contributed by atoms with E-state index in [2.05, 4.69) is 39.0 Å². The third-order valence-electron chi connectivity index (χ3n) is 6.50. The van der Waals surface area contributed by atoms with Crippen molar-refractivity contribution in [3.8, 4) is 0 Å². The van der Waals surface area contributed by atoms with E-state index in [0.29, 0.717) is 29.5 Å². The quantitative estimate of drug-likeness (QED) is 0.835. The van der Waals surface area contributed by atoms with Gasteiger partial charge in [0.2, 0.25) is 0 Å². The first-order valence-corrected chi connectivity index (χ1v) is 9.71. The molecule has 2 atom stereocenters. The molecule has 0 unspecified atom stereocenters. The van der Waals surface area contributed by atoms with Crippen LogP contribution in [0.4, 0.5) is 0 Å². The number of aromatic nitrogens is 1. The van der Waals surface area contributed by atoms with Gasteiger partial charge in [0, 0.05) is 31.7 Å². The van der Waals surface area contributed by atoms with Gasteiger partial charge < -0.3 is 9.32 Å². The molecule has 1 amide bonds. The Balaban J connectivity index is 1.35. The molecule has 5 heteroatoms. The van der Waals surface area contributed by atoms with Crippen molar-refractivity contribution >= 4 is 5.91 Å². The Bertz CT molecular complexity index is 805. The molecule has 0 N–H and O–H groups in total. The maximum atomic E-state index is 13.0. The number of carbonyl (C=O) groups excluding carboxylic acids is 1. The molecule has 4 aliphatic rings. The van der Waals surface area contributed by atoms with Crippen molar-refractivity contribution in [2.75, 3.05) is 19.6 Å². The predicted octanol–water partition coefficient (Wildman–Crippen LogP) is 2.69. The second kappa shape index (κ2) is 6.23. The number of hydrogen-bond acceptors (Lipinski definition) is 4. The monoisotopic (exact) mass is 351 g/mol. The summed E-state index contributed by atoms with van der Waals surface area (Å²) in [6.45, 7) is 4.76. The minimum atomic E-state index is 0.0440. The van der Waals surface area contributed by atoms with Crippen LogP contribution in [-0.4, -0.2) is 52.4 Å². The van der Waals surface area contributed by atoms with Crippen molar-refractivity contribution < 1.29 is 9.21 Å². The first kappa shape index (κ1) is 16.1. The normalized spacial score (nSPS) is 26.1. The Labute approximate surface area is 154 Å². The van der Waals surface area contributed by atoms with Gasteiger partial charge in [-0.2, -0.15) is 0 Å². The largest absolute Gasteiger partial charge is 0.448 e. The van der Waals surface area contributed by atoms with Crippen LogP contribution < -0.4 is 0 Å². The molecule has 3 saturated heterocycles. The van der Waals surface area contributed by atoms with E-state index in [9.17, 15) is 4.79 Å². The average molecular weight is 351 g/mol. The average Bonchev–Trinajstić information content (AvgIpc) is 3.17. The Morgan fingerprint density at radius 2 is 1.85 bits per heavy atom. The summed E-state index contributed by atoms with van der Waals surface area (Å²) < 4.78 is 5.26. The highest BCUT2D eigenvalue weighted by Gasteiger charge is 2.41. The second-order valence-electron chi connectivity index (χ2n) is 8.10. The summed E-state index contributed by atoms with van der Waals surface area (Å²) in [4.78, 5) is 21.9. The number of rotatable bonds is 2. The fraction of sp³-hybridized carbons (Fsp3) is 0.524. The first-order valence-electron chi connectivity index (χ1n) is 9.71. The molecule has 1 aromatic heterocycles. The van der Waals surface area contributed by atoms with Crippen LogP contribution in [0, 0.1) is 12.8 Å². The molecule has 6 rings (SSSR count). The molecule has 136 valence electrons.